The van der Waals surface area contributed by atoms with Crippen molar-refractivity contribution in [3.05, 3.63) is 12.7 Å². The molecule has 1 spiro atoms. The van der Waals surface area contributed by atoms with Crippen molar-refractivity contribution in [2.45, 2.75) is 55.1 Å². The third-order valence-electron chi connectivity index (χ3n) is 6.35. The smallest absolute Gasteiger partial charge is 0.308 e. The number of rotatable bonds is 10. The minimum Gasteiger partial charge on any atom is -0.481 e. The van der Waals surface area contributed by atoms with Gasteiger partial charge in [-0.15, -0.1) is 18.3 Å². The molecule has 0 radical (unpaired) electrons. The Morgan fingerprint density at radius 1 is 1.43 bits per heavy atom. The van der Waals surface area contributed by atoms with Crippen molar-refractivity contribution >= 4 is 29.5 Å². The zero-order chi connectivity index (χ0) is 20.5. The van der Waals surface area contributed by atoms with Gasteiger partial charge in [0.2, 0.25) is 11.8 Å². The highest BCUT2D eigenvalue weighted by Gasteiger charge is 2.73. The lowest BCUT2D eigenvalue weighted by molar-refractivity contribution is -0.148. The van der Waals surface area contributed by atoms with Crippen molar-refractivity contribution in [3.63, 3.8) is 0 Å². The van der Waals surface area contributed by atoms with Gasteiger partial charge in [0.15, 0.2) is 0 Å². The maximum atomic E-state index is 13.6. The second-order valence-corrected chi connectivity index (χ2v) is 9.53. The lowest BCUT2D eigenvalue weighted by atomic mass is 9.71. The Hall–Kier alpha value is -1.54. The largest absolute Gasteiger partial charge is 0.481 e. The van der Waals surface area contributed by atoms with Gasteiger partial charge in [0.1, 0.15) is 6.04 Å². The van der Waals surface area contributed by atoms with E-state index in [9.17, 15) is 24.6 Å². The highest BCUT2D eigenvalue weighted by atomic mass is 32.2. The fourth-order valence-electron chi connectivity index (χ4n) is 5.24. The summed E-state index contributed by atoms with van der Waals surface area (Å²) in [5, 5.41) is 19.1. The second-order valence-electron chi connectivity index (χ2n) is 7.93. The summed E-state index contributed by atoms with van der Waals surface area (Å²) in [6, 6.07) is -0.710. The van der Waals surface area contributed by atoms with E-state index in [-0.39, 0.29) is 30.2 Å². The molecule has 3 fully saturated rings. The number of nitrogens with zero attached hydrogens (tertiary/aromatic N) is 2. The molecule has 3 saturated heterocycles. The van der Waals surface area contributed by atoms with Gasteiger partial charge >= 0.3 is 5.97 Å². The van der Waals surface area contributed by atoms with Gasteiger partial charge in [0, 0.05) is 24.9 Å². The summed E-state index contributed by atoms with van der Waals surface area (Å²) in [6.07, 6.45) is 5.98. The first-order valence-electron chi connectivity index (χ1n) is 10.1. The molecule has 0 aromatic carbocycles. The number of carbonyl (C=O) groups is 3. The number of amides is 2. The third-order valence-corrected chi connectivity index (χ3v) is 8.30. The lowest BCUT2D eigenvalue weighted by Gasteiger charge is -2.37. The summed E-state index contributed by atoms with van der Waals surface area (Å²) < 4.78 is -0.693. The van der Waals surface area contributed by atoms with E-state index in [1.807, 2.05) is 0 Å². The molecule has 28 heavy (non-hydrogen) atoms. The van der Waals surface area contributed by atoms with Crippen LogP contribution in [0.5, 0.6) is 0 Å². The number of hydrogen-bond acceptors (Lipinski definition) is 5. The molecule has 156 valence electrons. The molecule has 5 atom stereocenters. The number of carbonyl (C=O) groups excluding carboxylic acids is 2. The van der Waals surface area contributed by atoms with E-state index in [2.05, 4.69) is 13.5 Å². The highest BCUT2D eigenvalue weighted by molar-refractivity contribution is 8.02. The van der Waals surface area contributed by atoms with Crippen molar-refractivity contribution < 1.29 is 24.6 Å². The maximum Gasteiger partial charge on any atom is 0.308 e. The number of aliphatic hydroxyl groups excluding tert-OH is 1. The molecule has 2 amide bonds. The van der Waals surface area contributed by atoms with Crippen LogP contribution in [0.4, 0.5) is 0 Å². The molecule has 0 aliphatic carbocycles. The fraction of sp³-hybridized carbons (Fsp3) is 0.750. The van der Waals surface area contributed by atoms with E-state index in [4.69, 9.17) is 0 Å². The van der Waals surface area contributed by atoms with Crippen molar-refractivity contribution in [2.24, 2.45) is 11.8 Å². The average molecular weight is 411 g/mol. The van der Waals surface area contributed by atoms with Gasteiger partial charge in [-0.3, -0.25) is 14.4 Å². The molecule has 3 aliphatic heterocycles. The van der Waals surface area contributed by atoms with Gasteiger partial charge in [-0.1, -0.05) is 25.8 Å². The van der Waals surface area contributed by atoms with Crippen LogP contribution in [0.15, 0.2) is 12.7 Å². The van der Waals surface area contributed by atoms with E-state index >= 15 is 0 Å². The Morgan fingerprint density at radius 2 is 2.18 bits per heavy atom. The van der Waals surface area contributed by atoms with Crippen LogP contribution >= 0.6 is 11.8 Å². The number of fused-ring (bicyclic) bond motifs is 1. The summed E-state index contributed by atoms with van der Waals surface area (Å²) in [6.45, 7) is 6.66. The average Bonchev–Trinajstić information content (AvgIpc) is 3.29. The normalized spacial score (nSPS) is 33.2. The van der Waals surface area contributed by atoms with Crippen LogP contribution < -0.4 is 0 Å². The standard InChI is InChI=1S/C20H30N2O5S/c1-3-5-6-10-21(9-4-2)18(25)16-20-8-7-13(28-20)14(19(26)27)15(20)17(24)22(16)11-12-23/h4,13-16,23H,2-3,5-12H2,1H3,(H,26,27)/t13-,14+,15-,16?,20?/m0/s1. The predicted octanol–water partition coefficient (Wildman–Crippen LogP) is 1.36. The van der Waals surface area contributed by atoms with Crippen LogP contribution in [-0.2, 0) is 14.4 Å². The van der Waals surface area contributed by atoms with Crippen molar-refractivity contribution in [1.82, 2.24) is 9.80 Å². The Bertz CT molecular complexity index is 657. The number of unbranched alkanes of at least 4 members (excludes halogenated alkanes) is 2. The SMILES string of the molecule is C=CCN(CCCCC)C(=O)C1N(CCO)C(=O)[C@@H]2[C@H](C(=O)O)[C@@H]3CCC12S3. The summed E-state index contributed by atoms with van der Waals surface area (Å²) in [4.78, 5) is 41.9. The van der Waals surface area contributed by atoms with Gasteiger partial charge in [-0.2, -0.15) is 0 Å². The monoisotopic (exact) mass is 410 g/mol. The number of thioether (sulfide) groups is 1. The number of likely N-dealkylation sites (tertiary alicyclic amines) is 1. The minimum atomic E-state index is -0.958. The summed E-state index contributed by atoms with van der Waals surface area (Å²) in [7, 11) is 0. The third kappa shape index (κ3) is 3.24. The number of hydrogen-bond donors (Lipinski definition) is 2. The first-order chi connectivity index (χ1) is 13.4. The molecule has 0 saturated carbocycles. The Balaban J connectivity index is 1.94. The van der Waals surface area contributed by atoms with E-state index in [1.54, 1.807) is 11.0 Å². The first kappa shape index (κ1) is 21.2. The molecule has 3 aliphatic rings. The number of carboxylic acid groups (broad SMARTS) is 1. The van der Waals surface area contributed by atoms with Gasteiger partial charge in [0.25, 0.3) is 0 Å². The molecular weight excluding hydrogens is 380 g/mol. The molecule has 3 heterocycles. The number of carboxylic acids is 1. The van der Waals surface area contributed by atoms with Gasteiger partial charge in [-0.05, 0) is 19.3 Å². The number of β-amino-alcohol motifs (C(OH)–C–C–N with tert-alkyl or cyclic N) is 1. The van der Waals surface area contributed by atoms with Crippen molar-refractivity contribution in [1.29, 1.82) is 0 Å². The molecule has 8 heteroatoms. The molecule has 0 aromatic rings. The molecular formula is C20H30N2O5S. The Kier molecular flexibility index (Phi) is 6.39. The first-order valence-corrected chi connectivity index (χ1v) is 11.0. The van der Waals surface area contributed by atoms with Crippen LogP contribution in [-0.4, -0.2) is 80.1 Å². The minimum absolute atomic E-state index is 0.0575. The fourth-order valence-corrected chi connectivity index (χ4v) is 7.44. The van der Waals surface area contributed by atoms with E-state index in [1.165, 1.54) is 16.7 Å². The van der Waals surface area contributed by atoms with Crippen LogP contribution in [0, 0.1) is 11.8 Å². The van der Waals surface area contributed by atoms with E-state index in [0.29, 0.717) is 25.9 Å². The molecule has 2 bridgehead atoms. The van der Waals surface area contributed by atoms with Crippen LogP contribution in [0.25, 0.3) is 0 Å². The zero-order valence-corrected chi connectivity index (χ0v) is 17.2. The maximum absolute atomic E-state index is 13.6. The van der Waals surface area contributed by atoms with Gasteiger partial charge < -0.3 is 20.0 Å². The summed E-state index contributed by atoms with van der Waals surface area (Å²) in [5.74, 6) is -2.82. The zero-order valence-electron chi connectivity index (χ0n) is 16.4. The van der Waals surface area contributed by atoms with E-state index in [0.717, 1.165) is 19.3 Å². The predicted molar refractivity (Wildman–Crippen MR) is 107 cm³/mol. The molecule has 2 unspecified atom stereocenters. The van der Waals surface area contributed by atoms with E-state index < -0.39 is 28.6 Å². The summed E-state index contributed by atoms with van der Waals surface area (Å²) in [5.41, 5.74) is 0. The highest BCUT2D eigenvalue weighted by Crippen LogP contribution is 2.66. The van der Waals surface area contributed by atoms with Crippen molar-refractivity contribution in [3.8, 4) is 0 Å². The molecule has 7 nitrogen and oxygen atoms in total. The topological polar surface area (TPSA) is 98.2 Å². The quantitative estimate of drug-likeness (QED) is 0.417. The molecule has 0 aromatic heterocycles. The molecule has 2 N–H and O–H groups in total. The second kappa shape index (κ2) is 8.45. The van der Waals surface area contributed by atoms with Crippen LogP contribution in [0.2, 0.25) is 0 Å². The summed E-state index contributed by atoms with van der Waals surface area (Å²) >= 11 is 1.52. The Labute approximate surface area is 170 Å². The van der Waals surface area contributed by atoms with Crippen molar-refractivity contribution in [2.75, 3.05) is 26.2 Å². The van der Waals surface area contributed by atoms with Gasteiger partial charge in [-0.25, -0.2) is 0 Å². The lowest BCUT2D eigenvalue weighted by Crippen LogP contribution is -2.55. The Morgan fingerprint density at radius 3 is 2.79 bits per heavy atom. The van der Waals surface area contributed by atoms with Gasteiger partial charge in [0.05, 0.1) is 23.2 Å². The molecule has 3 rings (SSSR count). The van der Waals surface area contributed by atoms with Crippen LogP contribution in [0.3, 0.4) is 0 Å². The number of aliphatic carboxylic acids is 1. The van der Waals surface area contributed by atoms with Crippen LogP contribution in [0.1, 0.15) is 39.0 Å². The number of aliphatic hydroxyl groups is 1.